The first kappa shape index (κ1) is 12.6. The highest BCUT2D eigenvalue weighted by molar-refractivity contribution is 6.55. The molecule has 0 spiro atoms. The van der Waals surface area contributed by atoms with E-state index in [1.807, 2.05) is 0 Å². The normalized spacial score (nSPS) is 9.80. The standard InChI is InChI=1S/C11H9Cl3O/c12-9-6-4-8(5-7-9)10(15)2-1-3-11(13)14/h3-7H,1-2H2. The molecule has 4 heteroatoms. The minimum atomic E-state index is 0.0532. The van der Waals surface area contributed by atoms with E-state index < -0.39 is 0 Å². The van der Waals surface area contributed by atoms with Crippen molar-refractivity contribution in [2.75, 3.05) is 0 Å². The molecule has 0 bridgehead atoms. The van der Waals surface area contributed by atoms with Gasteiger partial charge in [0.2, 0.25) is 0 Å². The molecule has 80 valence electrons. The first-order valence-electron chi connectivity index (χ1n) is 4.39. The molecule has 0 aliphatic carbocycles. The number of ketones is 1. The van der Waals surface area contributed by atoms with Crippen LogP contribution < -0.4 is 0 Å². The van der Waals surface area contributed by atoms with Gasteiger partial charge < -0.3 is 0 Å². The first-order valence-corrected chi connectivity index (χ1v) is 5.53. The second-order valence-electron chi connectivity index (χ2n) is 2.96. The van der Waals surface area contributed by atoms with Gasteiger partial charge in [-0.1, -0.05) is 40.9 Å². The van der Waals surface area contributed by atoms with Crippen LogP contribution in [0.5, 0.6) is 0 Å². The van der Waals surface area contributed by atoms with Gasteiger partial charge in [-0.25, -0.2) is 0 Å². The smallest absolute Gasteiger partial charge is 0.163 e. The van der Waals surface area contributed by atoms with Crippen molar-refractivity contribution in [3.63, 3.8) is 0 Å². The number of carbonyl (C=O) groups excluding carboxylic acids is 1. The molecule has 1 rings (SSSR count). The Kier molecular flexibility index (Phi) is 5.16. The summed E-state index contributed by atoms with van der Waals surface area (Å²) in [5.74, 6) is 0.0532. The molecule has 0 heterocycles. The van der Waals surface area contributed by atoms with E-state index >= 15 is 0 Å². The summed E-state index contributed by atoms with van der Waals surface area (Å²) in [4.78, 5) is 11.6. The molecule has 1 aromatic carbocycles. The van der Waals surface area contributed by atoms with Crippen molar-refractivity contribution in [1.82, 2.24) is 0 Å². The molecule has 0 saturated heterocycles. The van der Waals surface area contributed by atoms with Crippen molar-refractivity contribution in [3.8, 4) is 0 Å². The van der Waals surface area contributed by atoms with Gasteiger partial charge in [-0.15, -0.1) is 0 Å². The summed E-state index contributed by atoms with van der Waals surface area (Å²) in [6.45, 7) is 0. The van der Waals surface area contributed by atoms with Crippen LogP contribution in [-0.2, 0) is 0 Å². The molecule has 15 heavy (non-hydrogen) atoms. The molecular weight excluding hydrogens is 254 g/mol. The van der Waals surface area contributed by atoms with Gasteiger partial charge in [0.05, 0.1) is 0 Å². The van der Waals surface area contributed by atoms with Crippen LogP contribution in [0.2, 0.25) is 5.02 Å². The number of Topliss-reactive ketones (excluding diaryl/α,β-unsaturated/α-hetero) is 1. The molecule has 1 aromatic rings. The SMILES string of the molecule is O=C(CCC=C(Cl)Cl)c1ccc(Cl)cc1. The average Bonchev–Trinajstić information content (AvgIpc) is 2.18. The van der Waals surface area contributed by atoms with Crippen molar-refractivity contribution < 1.29 is 4.79 Å². The van der Waals surface area contributed by atoms with Crippen molar-refractivity contribution >= 4 is 40.6 Å². The number of rotatable bonds is 4. The molecule has 0 atom stereocenters. The fraction of sp³-hybridized carbons (Fsp3) is 0.182. The summed E-state index contributed by atoms with van der Waals surface area (Å²) >= 11 is 16.6. The lowest BCUT2D eigenvalue weighted by Crippen LogP contribution is -1.97. The van der Waals surface area contributed by atoms with Gasteiger partial charge in [0.25, 0.3) is 0 Å². The van der Waals surface area contributed by atoms with Gasteiger partial charge in [0.15, 0.2) is 5.78 Å². The quantitative estimate of drug-likeness (QED) is 0.724. The van der Waals surface area contributed by atoms with E-state index in [9.17, 15) is 4.79 Å². The number of hydrogen-bond donors (Lipinski definition) is 0. The van der Waals surface area contributed by atoms with Crippen LogP contribution >= 0.6 is 34.8 Å². The lowest BCUT2D eigenvalue weighted by Gasteiger charge is -1.98. The fourth-order valence-electron chi connectivity index (χ4n) is 1.09. The average molecular weight is 264 g/mol. The van der Waals surface area contributed by atoms with E-state index in [-0.39, 0.29) is 10.3 Å². The largest absolute Gasteiger partial charge is 0.294 e. The van der Waals surface area contributed by atoms with E-state index in [1.54, 1.807) is 30.3 Å². The maximum atomic E-state index is 11.6. The Morgan fingerprint density at radius 3 is 2.33 bits per heavy atom. The molecule has 1 nitrogen and oxygen atoms in total. The van der Waals surface area contributed by atoms with Crippen LogP contribution in [0.15, 0.2) is 34.8 Å². The minimum Gasteiger partial charge on any atom is -0.294 e. The highest BCUT2D eigenvalue weighted by atomic mass is 35.5. The summed E-state index contributed by atoms with van der Waals surface area (Å²) in [5.41, 5.74) is 0.651. The molecule has 0 radical (unpaired) electrons. The Morgan fingerprint density at radius 2 is 1.80 bits per heavy atom. The number of carbonyl (C=O) groups is 1. The lowest BCUT2D eigenvalue weighted by molar-refractivity contribution is 0.0983. The Labute approximate surface area is 104 Å². The van der Waals surface area contributed by atoms with Crippen LogP contribution in [0.4, 0.5) is 0 Å². The summed E-state index contributed by atoms with van der Waals surface area (Å²) < 4.78 is 0.193. The van der Waals surface area contributed by atoms with Gasteiger partial charge in [-0.05, 0) is 30.7 Å². The molecule has 0 aliphatic heterocycles. The van der Waals surface area contributed by atoms with Gasteiger partial charge in [0, 0.05) is 17.0 Å². The van der Waals surface area contributed by atoms with E-state index in [0.717, 1.165) is 0 Å². The van der Waals surface area contributed by atoms with Gasteiger partial charge in [-0.2, -0.15) is 0 Å². The minimum absolute atomic E-state index is 0.0532. The second-order valence-corrected chi connectivity index (χ2v) is 4.41. The molecule has 0 amide bonds. The highest BCUT2D eigenvalue weighted by Crippen LogP contribution is 2.13. The van der Waals surface area contributed by atoms with Crippen LogP contribution in [0.1, 0.15) is 23.2 Å². The van der Waals surface area contributed by atoms with Gasteiger partial charge in [0.1, 0.15) is 4.49 Å². The Balaban J connectivity index is 2.54. The maximum absolute atomic E-state index is 11.6. The second kappa shape index (κ2) is 6.16. The number of hydrogen-bond acceptors (Lipinski definition) is 1. The van der Waals surface area contributed by atoms with E-state index in [1.165, 1.54) is 0 Å². The number of allylic oxidation sites excluding steroid dienone is 1. The summed E-state index contributed by atoms with van der Waals surface area (Å²) in [6.07, 6.45) is 2.55. The molecule has 0 aromatic heterocycles. The van der Waals surface area contributed by atoms with Crippen molar-refractivity contribution in [1.29, 1.82) is 0 Å². The molecule has 0 fully saturated rings. The van der Waals surface area contributed by atoms with E-state index in [4.69, 9.17) is 34.8 Å². The zero-order chi connectivity index (χ0) is 11.3. The molecular formula is C11H9Cl3O. The number of halogens is 3. The zero-order valence-corrected chi connectivity index (χ0v) is 10.1. The molecule has 0 N–H and O–H groups in total. The van der Waals surface area contributed by atoms with Crippen LogP contribution in [0, 0.1) is 0 Å². The summed E-state index contributed by atoms with van der Waals surface area (Å²) in [5, 5.41) is 0.621. The predicted octanol–water partition coefficient (Wildman–Crippen LogP) is 4.62. The maximum Gasteiger partial charge on any atom is 0.163 e. The fourth-order valence-corrected chi connectivity index (χ4v) is 1.44. The Bertz CT molecular complexity index is 364. The molecule has 0 unspecified atom stereocenters. The Morgan fingerprint density at radius 1 is 1.20 bits per heavy atom. The first-order chi connectivity index (χ1) is 7.09. The Hall–Kier alpha value is -0.500. The molecule has 0 saturated carbocycles. The van der Waals surface area contributed by atoms with Crippen molar-refractivity contribution in [3.05, 3.63) is 45.4 Å². The van der Waals surface area contributed by atoms with E-state index in [0.29, 0.717) is 23.4 Å². The van der Waals surface area contributed by atoms with Crippen LogP contribution in [-0.4, -0.2) is 5.78 Å². The lowest BCUT2D eigenvalue weighted by atomic mass is 10.1. The molecule has 0 aliphatic rings. The predicted molar refractivity (Wildman–Crippen MR) is 64.8 cm³/mol. The van der Waals surface area contributed by atoms with Crippen molar-refractivity contribution in [2.24, 2.45) is 0 Å². The monoisotopic (exact) mass is 262 g/mol. The van der Waals surface area contributed by atoms with Crippen molar-refractivity contribution in [2.45, 2.75) is 12.8 Å². The van der Waals surface area contributed by atoms with Gasteiger partial charge in [-0.3, -0.25) is 4.79 Å². The summed E-state index contributed by atoms with van der Waals surface area (Å²) in [6, 6.07) is 6.80. The third-order valence-corrected chi connectivity index (χ3v) is 2.40. The summed E-state index contributed by atoms with van der Waals surface area (Å²) in [7, 11) is 0. The third kappa shape index (κ3) is 4.70. The van der Waals surface area contributed by atoms with Crippen LogP contribution in [0.3, 0.4) is 0 Å². The van der Waals surface area contributed by atoms with Crippen LogP contribution in [0.25, 0.3) is 0 Å². The zero-order valence-electron chi connectivity index (χ0n) is 7.84. The number of benzene rings is 1. The highest BCUT2D eigenvalue weighted by Gasteiger charge is 2.04. The third-order valence-electron chi connectivity index (χ3n) is 1.84. The van der Waals surface area contributed by atoms with E-state index in [2.05, 4.69) is 0 Å². The van der Waals surface area contributed by atoms with Gasteiger partial charge >= 0.3 is 0 Å². The topological polar surface area (TPSA) is 17.1 Å².